The monoisotopic (exact) mass is 296 g/mol. The van der Waals surface area contributed by atoms with E-state index in [0.717, 1.165) is 42.9 Å². The topological polar surface area (TPSA) is 29.3 Å². The first-order valence-corrected chi connectivity index (χ1v) is 8.33. The highest BCUT2D eigenvalue weighted by molar-refractivity contribution is 8.00. The summed E-state index contributed by atoms with van der Waals surface area (Å²) < 4.78 is 14.5. The van der Waals surface area contributed by atoms with E-state index in [1.807, 2.05) is 23.9 Å². The van der Waals surface area contributed by atoms with Crippen LogP contribution in [0.2, 0.25) is 0 Å². The van der Waals surface area contributed by atoms with Crippen LogP contribution in [0.3, 0.4) is 0 Å². The highest BCUT2D eigenvalue weighted by atomic mass is 32.2. The first-order valence-electron chi connectivity index (χ1n) is 7.34. The van der Waals surface area contributed by atoms with Crippen molar-refractivity contribution in [1.82, 2.24) is 0 Å². The van der Waals surface area contributed by atoms with Gasteiger partial charge in [-0.15, -0.1) is 0 Å². The fraction of sp³-hybridized carbons (Fsp3) is 0.625. The van der Waals surface area contributed by atoms with E-state index in [2.05, 4.69) is 25.7 Å². The van der Waals surface area contributed by atoms with E-state index in [1.54, 1.807) is 6.07 Å². The summed E-state index contributed by atoms with van der Waals surface area (Å²) in [7, 11) is 0. The fourth-order valence-corrected chi connectivity index (χ4v) is 3.71. The van der Waals surface area contributed by atoms with Crippen molar-refractivity contribution in [2.75, 3.05) is 23.7 Å². The van der Waals surface area contributed by atoms with E-state index in [0.29, 0.717) is 0 Å². The molecule has 1 aliphatic heterocycles. The maximum Gasteiger partial charge on any atom is 0.146 e. The number of benzene rings is 1. The predicted octanol–water partition coefficient (Wildman–Crippen LogP) is 3.44. The van der Waals surface area contributed by atoms with Gasteiger partial charge in [-0.1, -0.05) is 13.0 Å². The van der Waals surface area contributed by atoms with Gasteiger partial charge < -0.3 is 10.6 Å². The van der Waals surface area contributed by atoms with Crippen molar-refractivity contribution in [2.24, 2.45) is 5.73 Å². The lowest BCUT2D eigenvalue weighted by atomic mass is 10.0. The molecule has 0 bridgehead atoms. The second-order valence-electron chi connectivity index (χ2n) is 6.19. The van der Waals surface area contributed by atoms with E-state index >= 15 is 0 Å². The van der Waals surface area contributed by atoms with Crippen LogP contribution in [0.1, 0.15) is 32.8 Å². The van der Waals surface area contributed by atoms with Crippen molar-refractivity contribution in [3.63, 3.8) is 0 Å². The second-order valence-corrected chi connectivity index (χ2v) is 7.99. The first kappa shape index (κ1) is 15.6. The van der Waals surface area contributed by atoms with Crippen LogP contribution in [0.4, 0.5) is 10.1 Å². The molecule has 1 aromatic carbocycles. The van der Waals surface area contributed by atoms with E-state index in [9.17, 15) is 4.39 Å². The third-order valence-corrected chi connectivity index (χ3v) is 5.10. The minimum Gasteiger partial charge on any atom is -0.367 e. The van der Waals surface area contributed by atoms with Gasteiger partial charge in [0.1, 0.15) is 5.82 Å². The van der Waals surface area contributed by atoms with Gasteiger partial charge in [0.2, 0.25) is 0 Å². The maximum atomic E-state index is 14.4. The van der Waals surface area contributed by atoms with E-state index < -0.39 is 0 Å². The quantitative estimate of drug-likeness (QED) is 0.923. The molecule has 0 radical (unpaired) electrons. The number of rotatable bonds is 4. The molecule has 1 aliphatic rings. The molecule has 0 aromatic heterocycles. The molecule has 0 spiro atoms. The SMILES string of the molecule is CCC(N)Cc1ccc(N2CCSC(C)(C)C2)c(F)c1. The van der Waals surface area contributed by atoms with Crippen molar-refractivity contribution in [3.8, 4) is 0 Å². The van der Waals surface area contributed by atoms with Crippen LogP contribution in [0, 0.1) is 5.82 Å². The van der Waals surface area contributed by atoms with Gasteiger partial charge in [0.15, 0.2) is 0 Å². The summed E-state index contributed by atoms with van der Waals surface area (Å²) in [4.78, 5) is 2.16. The predicted molar refractivity (Wildman–Crippen MR) is 87.1 cm³/mol. The Morgan fingerprint density at radius 2 is 2.20 bits per heavy atom. The number of thioether (sulfide) groups is 1. The Bertz CT molecular complexity index is 462. The lowest BCUT2D eigenvalue weighted by molar-refractivity contribution is 0.592. The maximum absolute atomic E-state index is 14.4. The molecule has 0 amide bonds. The van der Waals surface area contributed by atoms with Gasteiger partial charge in [0.05, 0.1) is 5.69 Å². The lowest BCUT2D eigenvalue weighted by Gasteiger charge is -2.39. The molecular formula is C16H25FN2S. The average Bonchev–Trinajstić information content (AvgIpc) is 2.37. The van der Waals surface area contributed by atoms with E-state index in [-0.39, 0.29) is 16.6 Å². The third-order valence-electron chi connectivity index (χ3n) is 3.80. The number of nitrogens with two attached hydrogens (primary N) is 1. The van der Waals surface area contributed by atoms with E-state index in [4.69, 9.17) is 5.73 Å². The Balaban J connectivity index is 2.13. The molecule has 1 aromatic rings. The van der Waals surface area contributed by atoms with Crippen molar-refractivity contribution < 1.29 is 4.39 Å². The van der Waals surface area contributed by atoms with E-state index in [1.165, 1.54) is 0 Å². The van der Waals surface area contributed by atoms with Crippen LogP contribution in [0.5, 0.6) is 0 Å². The Morgan fingerprint density at radius 3 is 2.80 bits per heavy atom. The fourth-order valence-electron chi connectivity index (χ4n) is 2.60. The summed E-state index contributed by atoms with van der Waals surface area (Å²) in [5.41, 5.74) is 7.66. The number of halogens is 1. The molecule has 0 saturated carbocycles. The van der Waals surface area contributed by atoms with Gasteiger partial charge in [-0.05, 0) is 44.4 Å². The van der Waals surface area contributed by atoms with Crippen molar-refractivity contribution in [1.29, 1.82) is 0 Å². The molecule has 2 nitrogen and oxygen atoms in total. The average molecular weight is 296 g/mol. The van der Waals surface area contributed by atoms with Gasteiger partial charge in [-0.3, -0.25) is 0 Å². The summed E-state index contributed by atoms with van der Waals surface area (Å²) in [5.74, 6) is 0.933. The van der Waals surface area contributed by atoms with Crippen LogP contribution in [-0.4, -0.2) is 29.6 Å². The number of anilines is 1. The van der Waals surface area contributed by atoms with Crippen LogP contribution >= 0.6 is 11.8 Å². The summed E-state index contributed by atoms with van der Waals surface area (Å²) in [5, 5.41) is 0. The van der Waals surface area contributed by atoms with Crippen molar-refractivity contribution in [2.45, 2.75) is 44.4 Å². The van der Waals surface area contributed by atoms with Crippen LogP contribution < -0.4 is 10.6 Å². The molecule has 1 fully saturated rings. The number of hydrogen-bond donors (Lipinski definition) is 1. The molecule has 4 heteroatoms. The van der Waals surface area contributed by atoms with Gasteiger partial charge in [0.25, 0.3) is 0 Å². The highest BCUT2D eigenvalue weighted by Gasteiger charge is 2.28. The van der Waals surface area contributed by atoms with Crippen LogP contribution in [0.15, 0.2) is 18.2 Å². The molecule has 0 aliphatic carbocycles. The van der Waals surface area contributed by atoms with Gasteiger partial charge >= 0.3 is 0 Å². The molecule has 20 heavy (non-hydrogen) atoms. The molecule has 1 saturated heterocycles. The largest absolute Gasteiger partial charge is 0.367 e. The zero-order chi connectivity index (χ0) is 14.8. The highest BCUT2D eigenvalue weighted by Crippen LogP contribution is 2.33. The van der Waals surface area contributed by atoms with Crippen LogP contribution in [0.25, 0.3) is 0 Å². The van der Waals surface area contributed by atoms with Crippen molar-refractivity contribution >= 4 is 17.4 Å². The smallest absolute Gasteiger partial charge is 0.146 e. The summed E-state index contributed by atoms with van der Waals surface area (Å²) >= 11 is 1.96. The Hall–Kier alpha value is -0.740. The Labute approximate surface area is 125 Å². The van der Waals surface area contributed by atoms with Gasteiger partial charge in [0, 0.05) is 29.6 Å². The number of nitrogens with zero attached hydrogens (tertiary/aromatic N) is 1. The molecule has 2 rings (SSSR count). The second kappa shape index (κ2) is 6.35. The standard InChI is InChI=1S/C16H25FN2S/c1-4-13(18)9-12-5-6-15(14(17)10-12)19-7-8-20-16(2,3)11-19/h5-6,10,13H,4,7-9,11,18H2,1-3H3. The third kappa shape index (κ3) is 3.89. The van der Waals surface area contributed by atoms with Crippen molar-refractivity contribution in [3.05, 3.63) is 29.6 Å². The normalized spacial score (nSPS) is 19.9. The minimum absolute atomic E-state index is 0.116. The summed E-state index contributed by atoms with van der Waals surface area (Å²) in [6.07, 6.45) is 1.66. The zero-order valence-electron chi connectivity index (χ0n) is 12.7. The lowest BCUT2D eigenvalue weighted by Crippen LogP contribution is -2.43. The molecule has 1 heterocycles. The van der Waals surface area contributed by atoms with Crippen LogP contribution in [-0.2, 0) is 6.42 Å². The number of hydrogen-bond acceptors (Lipinski definition) is 3. The molecule has 2 N–H and O–H groups in total. The Kier molecular flexibility index (Phi) is 4.97. The minimum atomic E-state index is -0.117. The van der Waals surface area contributed by atoms with Gasteiger partial charge in [-0.2, -0.15) is 11.8 Å². The Morgan fingerprint density at radius 1 is 1.45 bits per heavy atom. The molecule has 1 unspecified atom stereocenters. The van der Waals surface area contributed by atoms with Gasteiger partial charge in [-0.25, -0.2) is 4.39 Å². The molecule has 112 valence electrons. The summed E-state index contributed by atoms with van der Waals surface area (Å²) in [6.45, 7) is 8.30. The first-order chi connectivity index (χ1) is 9.41. The molecule has 1 atom stereocenters. The zero-order valence-corrected chi connectivity index (χ0v) is 13.5. The molecular weight excluding hydrogens is 271 g/mol. The summed E-state index contributed by atoms with van der Waals surface area (Å²) in [6, 6.07) is 5.70.